The molecular formula is C16H22F2O4. The third-order valence-corrected chi connectivity index (χ3v) is 2.87. The van der Waals surface area contributed by atoms with E-state index in [4.69, 9.17) is 18.9 Å². The maximum atomic E-state index is 13.0. The summed E-state index contributed by atoms with van der Waals surface area (Å²) in [7, 11) is 1.53. The normalized spacial score (nSPS) is 12.0. The Balaban J connectivity index is 2.50. The fourth-order valence-corrected chi connectivity index (χ4v) is 1.73. The van der Waals surface area contributed by atoms with E-state index >= 15 is 0 Å². The lowest BCUT2D eigenvalue weighted by Crippen LogP contribution is -2.19. The van der Waals surface area contributed by atoms with Crippen LogP contribution in [0.5, 0.6) is 0 Å². The van der Waals surface area contributed by atoms with E-state index in [9.17, 15) is 8.78 Å². The summed E-state index contributed by atoms with van der Waals surface area (Å²) in [4.78, 5) is 0. The number of benzene rings is 1. The minimum Gasteiger partial charge on any atom is -0.463 e. The van der Waals surface area contributed by atoms with E-state index in [1.807, 2.05) is 30.3 Å². The first-order valence-electron chi connectivity index (χ1n) is 7.09. The molecule has 1 aromatic rings. The number of hydrogen-bond donors (Lipinski definition) is 0. The zero-order valence-electron chi connectivity index (χ0n) is 12.9. The lowest BCUT2D eigenvalue weighted by molar-refractivity contribution is -0.0716. The second kappa shape index (κ2) is 11.1. The first-order valence-corrected chi connectivity index (χ1v) is 7.09. The van der Waals surface area contributed by atoms with E-state index in [-0.39, 0.29) is 20.0 Å². The second-order valence-electron chi connectivity index (χ2n) is 4.48. The first-order chi connectivity index (χ1) is 10.7. The van der Waals surface area contributed by atoms with E-state index in [0.29, 0.717) is 13.0 Å². The van der Waals surface area contributed by atoms with Crippen LogP contribution < -0.4 is 0 Å². The fourth-order valence-electron chi connectivity index (χ4n) is 1.73. The average Bonchev–Trinajstić information content (AvgIpc) is 2.53. The van der Waals surface area contributed by atoms with Gasteiger partial charge in [0.25, 0.3) is 0 Å². The summed E-state index contributed by atoms with van der Waals surface area (Å²) in [5.74, 6) is -0.476. The van der Waals surface area contributed by atoms with Gasteiger partial charge < -0.3 is 18.9 Å². The van der Waals surface area contributed by atoms with Crippen molar-refractivity contribution in [3.8, 4) is 0 Å². The molecule has 0 heterocycles. The predicted molar refractivity (Wildman–Crippen MR) is 78.3 cm³/mol. The Morgan fingerprint density at radius 1 is 1.14 bits per heavy atom. The van der Waals surface area contributed by atoms with Gasteiger partial charge in [-0.2, -0.15) is 8.78 Å². The van der Waals surface area contributed by atoms with Gasteiger partial charge in [0.05, 0.1) is 19.8 Å². The molecule has 1 aromatic carbocycles. The lowest BCUT2D eigenvalue weighted by Gasteiger charge is -2.19. The summed E-state index contributed by atoms with van der Waals surface area (Å²) in [6, 6.07) is 9.36. The molecule has 0 fully saturated rings. The summed E-state index contributed by atoms with van der Waals surface area (Å²) < 4.78 is 46.4. The van der Waals surface area contributed by atoms with Crippen LogP contribution in [-0.4, -0.2) is 33.2 Å². The molecular weight excluding hydrogens is 294 g/mol. The van der Waals surface area contributed by atoms with Crippen LogP contribution >= 0.6 is 0 Å². The van der Waals surface area contributed by atoms with Crippen LogP contribution in [0.15, 0.2) is 42.2 Å². The highest BCUT2D eigenvalue weighted by molar-refractivity contribution is 5.13. The van der Waals surface area contributed by atoms with Gasteiger partial charge in [0.2, 0.25) is 0 Å². The highest BCUT2D eigenvalue weighted by Gasteiger charge is 2.21. The summed E-state index contributed by atoms with van der Waals surface area (Å²) >= 11 is 0. The highest BCUT2D eigenvalue weighted by atomic mass is 19.3. The van der Waals surface area contributed by atoms with Crippen molar-refractivity contribution >= 4 is 0 Å². The van der Waals surface area contributed by atoms with Gasteiger partial charge in [-0.25, -0.2) is 0 Å². The molecule has 0 bridgehead atoms. The molecule has 0 radical (unpaired) electrons. The first kappa shape index (κ1) is 18.5. The zero-order chi connectivity index (χ0) is 16.2. The average molecular weight is 316 g/mol. The molecule has 0 spiro atoms. The number of ether oxygens (including phenoxy) is 4. The third-order valence-electron chi connectivity index (χ3n) is 2.87. The maximum absolute atomic E-state index is 13.0. The topological polar surface area (TPSA) is 36.9 Å². The van der Waals surface area contributed by atoms with Crippen LogP contribution in [0.1, 0.15) is 18.9 Å². The molecule has 6 heteroatoms. The SMILES string of the molecule is CCC(OCc1ccccc1)C(OCOCCOC)=C(F)F. The standard InChI is InChI=1S/C16H22F2O4/c1-3-14(21-11-13-7-5-4-6-8-13)15(16(17)18)22-12-20-10-9-19-2/h4-8,14H,3,9-12H2,1-2H3. The van der Waals surface area contributed by atoms with E-state index < -0.39 is 17.9 Å². The van der Waals surface area contributed by atoms with E-state index in [1.165, 1.54) is 7.11 Å². The summed E-state index contributed by atoms with van der Waals surface area (Å²) in [6.45, 7) is 2.39. The van der Waals surface area contributed by atoms with Gasteiger partial charge in [0, 0.05) is 7.11 Å². The molecule has 1 unspecified atom stereocenters. The molecule has 0 aromatic heterocycles. The third kappa shape index (κ3) is 6.98. The van der Waals surface area contributed by atoms with Gasteiger partial charge in [-0.1, -0.05) is 37.3 Å². The molecule has 4 nitrogen and oxygen atoms in total. The Morgan fingerprint density at radius 3 is 2.45 bits per heavy atom. The minimum atomic E-state index is -1.89. The Morgan fingerprint density at radius 2 is 1.86 bits per heavy atom. The van der Waals surface area contributed by atoms with Crippen molar-refractivity contribution in [3.63, 3.8) is 0 Å². The van der Waals surface area contributed by atoms with Crippen LogP contribution in [0, 0.1) is 0 Å². The molecule has 0 N–H and O–H groups in total. The van der Waals surface area contributed by atoms with Gasteiger partial charge in [-0.15, -0.1) is 0 Å². The van der Waals surface area contributed by atoms with Crippen LogP contribution in [-0.2, 0) is 25.6 Å². The fraction of sp³-hybridized carbons (Fsp3) is 0.500. The maximum Gasteiger partial charge on any atom is 0.310 e. The van der Waals surface area contributed by atoms with Crippen molar-refractivity contribution < 1.29 is 27.7 Å². The monoisotopic (exact) mass is 316 g/mol. The summed E-state index contributed by atoms with van der Waals surface area (Å²) in [5.41, 5.74) is 0.913. The van der Waals surface area contributed by atoms with Crippen molar-refractivity contribution in [1.82, 2.24) is 0 Å². The summed E-state index contributed by atoms with van der Waals surface area (Å²) in [6.07, 6.45) is -2.33. The molecule has 0 aliphatic heterocycles. The van der Waals surface area contributed by atoms with Crippen molar-refractivity contribution in [2.24, 2.45) is 0 Å². The van der Waals surface area contributed by atoms with Crippen LogP contribution in [0.4, 0.5) is 8.78 Å². The molecule has 124 valence electrons. The van der Waals surface area contributed by atoms with Crippen LogP contribution in [0.3, 0.4) is 0 Å². The minimum absolute atomic E-state index is 0.240. The molecule has 22 heavy (non-hydrogen) atoms. The second-order valence-corrected chi connectivity index (χ2v) is 4.48. The highest BCUT2D eigenvalue weighted by Crippen LogP contribution is 2.20. The van der Waals surface area contributed by atoms with E-state index in [1.54, 1.807) is 6.92 Å². The molecule has 0 saturated heterocycles. The van der Waals surface area contributed by atoms with Crippen molar-refractivity contribution in [2.75, 3.05) is 27.1 Å². The number of halogens is 2. The Labute approximate surface area is 129 Å². The Kier molecular flexibility index (Phi) is 9.37. The van der Waals surface area contributed by atoms with E-state index in [2.05, 4.69) is 0 Å². The summed E-state index contributed by atoms with van der Waals surface area (Å²) in [5, 5.41) is 0. The smallest absolute Gasteiger partial charge is 0.310 e. The number of rotatable bonds is 11. The largest absolute Gasteiger partial charge is 0.463 e. The number of methoxy groups -OCH3 is 1. The van der Waals surface area contributed by atoms with Gasteiger partial charge in [0.15, 0.2) is 12.6 Å². The lowest BCUT2D eigenvalue weighted by atomic mass is 10.2. The predicted octanol–water partition coefficient (Wildman–Crippen LogP) is 3.73. The molecule has 0 aliphatic rings. The van der Waals surface area contributed by atoms with Gasteiger partial charge in [-0.3, -0.25) is 0 Å². The Hall–Kier alpha value is -1.50. The van der Waals surface area contributed by atoms with Gasteiger partial charge >= 0.3 is 6.08 Å². The Bertz CT molecular complexity index is 433. The molecule has 0 saturated carbocycles. The van der Waals surface area contributed by atoms with Crippen LogP contribution in [0.25, 0.3) is 0 Å². The van der Waals surface area contributed by atoms with Crippen LogP contribution in [0.2, 0.25) is 0 Å². The van der Waals surface area contributed by atoms with Crippen molar-refractivity contribution in [3.05, 3.63) is 47.7 Å². The molecule has 1 atom stereocenters. The van der Waals surface area contributed by atoms with E-state index in [0.717, 1.165) is 5.56 Å². The quantitative estimate of drug-likeness (QED) is 0.354. The molecule has 0 amide bonds. The molecule has 0 aliphatic carbocycles. The van der Waals surface area contributed by atoms with Gasteiger partial charge in [0.1, 0.15) is 6.10 Å². The van der Waals surface area contributed by atoms with Crippen molar-refractivity contribution in [2.45, 2.75) is 26.1 Å². The number of hydrogen-bond acceptors (Lipinski definition) is 4. The van der Waals surface area contributed by atoms with Crippen molar-refractivity contribution in [1.29, 1.82) is 0 Å². The zero-order valence-corrected chi connectivity index (χ0v) is 12.9. The van der Waals surface area contributed by atoms with Gasteiger partial charge in [-0.05, 0) is 12.0 Å². The molecule has 1 rings (SSSR count).